The van der Waals surface area contributed by atoms with Crippen LogP contribution >= 0.6 is 0 Å². The lowest BCUT2D eigenvalue weighted by molar-refractivity contribution is 0.0964. The molecule has 0 unspecified atom stereocenters. The number of carbonyl (C=O) groups excluding carboxylic acids is 1. The molecule has 0 saturated carbocycles. The van der Waals surface area contributed by atoms with E-state index in [0.29, 0.717) is 34.4 Å². The number of halogens is 1. The summed E-state index contributed by atoms with van der Waals surface area (Å²) in [5.74, 6) is -0.199. The number of pyridine rings is 2. The zero-order valence-electron chi connectivity index (χ0n) is 18.1. The van der Waals surface area contributed by atoms with Gasteiger partial charge in [0.05, 0.1) is 16.8 Å². The van der Waals surface area contributed by atoms with E-state index in [0.717, 1.165) is 17.0 Å². The van der Waals surface area contributed by atoms with E-state index >= 15 is 0 Å². The van der Waals surface area contributed by atoms with Gasteiger partial charge in [-0.3, -0.25) is 14.8 Å². The maximum atomic E-state index is 14.8. The summed E-state index contributed by atoms with van der Waals surface area (Å²) in [4.78, 5) is 29.5. The summed E-state index contributed by atoms with van der Waals surface area (Å²) in [7, 11) is 1.56. The Labute approximate surface area is 185 Å². The predicted molar refractivity (Wildman–Crippen MR) is 122 cm³/mol. The quantitative estimate of drug-likeness (QED) is 0.478. The normalized spacial score (nSPS) is 11.9. The van der Waals surface area contributed by atoms with Crippen LogP contribution in [0.25, 0.3) is 22.2 Å². The summed E-state index contributed by atoms with van der Waals surface area (Å²) in [5.41, 5.74) is 3.97. The fourth-order valence-electron chi connectivity index (χ4n) is 3.61. The highest BCUT2D eigenvalue weighted by atomic mass is 19.1. The molecule has 0 aliphatic rings. The van der Waals surface area contributed by atoms with E-state index in [1.807, 2.05) is 32.0 Å². The van der Waals surface area contributed by atoms with Crippen molar-refractivity contribution in [2.75, 3.05) is 18.9 Å². The van der Waals surface area contributed by atoms with Crippen molar-refractivity contribution < 1.29 is 9.18 Å². The number of hydrogen-bond donors (Lipinski definition) is 2. The van der Waals surface area contributed by atoms with Crippen LogP contribution in [0.3, 0.4) is 0 Å². The first-order chi connectivity index (χ1) is 15.5. The summed E-state index contributed by atoms with van der Waals surface area (Å²) in [6, 6.07) is 10.3. The largest absolute Gasteiger partial charge is 0.369 e. The molecule has 32 heavy (non-hydrogen) atoms. The number of hydrogen-bond acceptors (Lipinski definition) is 6. The number of benzene rings is 1. The number of carbonyl (C=O) groups is 1. The van der Waals surface area contributed by atoms with Gasteiger partial charge in [0, 0.05) is 60.2 Å². The first-order valence-electron chi connectivity index (χ1n) is 10.3. The number of anilines is 1. The lowest BCUT2D eigenvalue weighted by Crippen LogP contribution is -2.19. The van der Waals surface area contributed by atoms with Crippen LogP contribution in [0.2, 0.25) is 0 Å². The highest BCUT2D eigenvalue weighted by Crippen LogP contribution is 2.29. The van der Waals surface area contributed by atoms with Gasteiger partial charge in [-0.2, -0.15) is 0 Å². The number of fused-ring (bicyclic) bond motifs is 1. The van der Waals surface area contributed by atoms with Crippen molar-refractivity contribution in [3.8, 4) is 11.3 Å². The minimum absolute atomic E-state index is 0.231. The zero-order chi connectivity index (χ0) is 22.7. The predicted octanol–water partition coefficient (Wildman–Crippen LogP) is 4.11. The smallest absolute Gasteiger partial charge is 0.251 e. The third-order valence-electron chi connectivity index (χ3n) is 5.33. The van der Waals surface area contributed by atoms with E-state index < -0.39 is 0 Å². The van der Waals surface area contributed by atoms with Crippen molar-refractivity contribution in [3.05, 3.63) is 77.8 Å². The van der Waals surface area contributed by atoms with Crippen molar-refractivity contribution in [2.45, 2.75) is 19.8 Å². The summed E-state index contributed by atoms with van der Waals surface area (Å²) >= 11 is 0. The van der Waals surface area contributed by atoms with E-state index in [1.54, 1.807) is 25.4 Å². The molecule has 3 heterocycles. The van der Waals surface area contributed by atoms with Gasteiger partial charge in [0.2, 0.25) is 0 Å². The molecule has 0 aliphatic carbocycles. The molecule has 1 atom stereocenters. The van der Waals surface area contributed by atoms with Gasteiger partial charge in [0.25, 0.3) is 5.91 Å². The Bertz CT molecular complexity index is 1280. The maximum Gasteiger partial charge on any atom is 0.251 e. The van der Waals surface area contributed by atoms with Crippen LogP contribution in [0, 0.1) is 12.7 Å². The number of nitrogens with one attached hydrogen (secondary N) is 2. The molecular weight excluding hydrogens is 407 g/mol. The monoisotopic (exact) mass is 430 g/mol. The summed E-state index contributed by atoms with van der Waals surface area (Å²) in [6.07, 6.45) is 4.78. The maximum absolute atomic E-state index is 14.8. The summed E-state index contributed by atoms with van der Waals surface area (Å²) in [5, 5.41) is 6.49. The van der Waals surface area contributed by atoms with E-state index in [2.05, 4.69) is 30.6 Å². The Morgan fingerprint density at radius 1 is 1.09 bits per heavy atom. The number of amides is 1. The van der Waals surface area contributed by atoms with Crippen LogP contribution < -0.4 is 10.6 Å². The fraction of sp³-hybridized carbons (Fsp3) is 0.208. The Morgan fingerprint density at radius 2 is 1.94 bits per heavy atom. The molecule has 0 spiro atoms. The van der Waals surface area contributed by atoms with Crippen LogP contribution in [0.4, 0.5) is 10.2 Å². The number of rotatable bonds is 6. The molecule has 2 N–H and O–H groups in total. The zero-order valence-corrected chi connectivity index (χ0v) is 18.1. The number of aryl methyl sites for hydroxylation is 1. The van der Waals surface area contributed by atoms with Gasteiger partial charge >= 0.3 is 0 Å². The highest BCUT2D eigenvalue weighted by molar-refractivity contribution is 6.06. The van der Waals surface area contributed by atoms with Gasteiger partial charge in [-0.05, 0) is 37.3 Å². The van der Waals surface area contributed by atoms with Crippen molar-refractivity contribution in [1.29, 1.82) is 0 Å². The van der Waals surface area contributed by atoms with E-state index in [1.165, 1.54) is 18.6 Å². The lowest BCUT2D eigenvalue weighted by atomic mass is 9.95. The van der Waals surface area contributed by atoms with E-state index in [9.17, 15) is 9.18 Å². The Kier molecular flexibility index (Phi) is 6.02. The molecular formula is C24H23FN6O. The van der Waals surface area contributed by atoms with Gasteiger partial charge < -0.3 is 10.6 Å². The topological polar surface area (TPSA) is 92.7 Å². The fourth-order valence-corrected chi connectivity index (χ4v) is 3.61. The van der Waals surface area contributed by atoms with Crippen molar-refractivity contribution >= 4 is 22.6 Å². The second kappa shape index (κ2) is 9.05. The molecule has 0 aliphatic heterocycles. The van der Waals surface area contributed by atoms with Crippen LogP contribution in [0.1, 0.15) is 34.5 Å². The second-order valence-electron chi connectivity index (χ2n) is 7.55. The molecule has 0 fully saturated rings. The average Bonchev–Trinajstić information content (AvgIpc) is 2.82. The molecule has 1 amide bonds. The molecule has 1 aromatic carbocycles. The Hall–Kier alpha value is -3.94. The average molecular weight is 430 g/mol. The molecule has 8 heteroatoms. The highest BCUT2D eigenvalue weighted by Gasteiger charge is 2.19. The summed E-state index contributed by atoms with van der Waals surface area (Å²) < 4.78 is 14.8. The van der Waals surface area contributed by atoms with Gasteiger partial charge in [-0.1, -0.05) is 6.92 Å². The number of aromatic nitrogens is 4. The minimum Gasteiger partial charge on any atom is -0.369 e. The van der Waals surface area contributed by atoms with Crippen LogP contribution in [-0.2, 0) is 0 Å². The standard InChI is InChI=1S/C24H23FN6O/c1-14(11-29-21-10-20(30-13-31-21)16-5-4-15(2)28-12-16)22-19(25)7-6-17-18(24(32)26-3)8-9-27-23(17)22/h4-10,12-14H,11H2,1-3H3,(H,26,32)(H,29,30,31)/t14-/m1/s1. The van der Waals surface area contributed by atoms with Crippen molar-refractivity contribution in [2.24, 2.45) is 0 Å². The third-order valence-corrected chi connectivity index (χ3v) is 5.33. The molecule has 3 aromatic heterocycles. The first kappa shape index (κ1) is 21.3. The lowest BCUT2D eigenvalue weighted by Gasteiger charge is -2.17. The Morgan fingerprint density at radius 3 is 2.69 bits per heavy atom. The van der Waals surface area contributed by atoms with Crippen molar-refractivity contribution in [1.82, 2.24) is 25.3 Å². The first-order valence-corrected chi connectivity index (χ1v) is 10.3. The van der Waals surface area contributed by atoms with Crippen LogP contribution in [-0.4, -0.2) is 39.4 Å². The molecule has 0 saturated heterocycles. The van der Waals surface area contributed by atoms with Gasteiger partial charge in [-0.15, -0.1) is 0 Å². The molecule has 4 rings (SSSR count). The van der Waals surface area contributed by atoms with Crippen LogP contribution in [0.5, 0.6) is 0 Å². The molecule has 162 valence electrons. The molecule has 0 bridgehead atoms. The molecule has 7 nitrogen and oxygen atoms in total. The Balaban J connectivity index is 1.59. The van der Waals surface area contributed by atoms with Gasteiger partial charge in [0.15, 0.2) is 0 Å². The third kappa shape index (κ3) is 4.25. The van der Waals surface area contributed by atoms with Gasteiger partial charge in [-0.25, -0.2) is 14.4 Å². The minimum atomic E-state index is -0.359. The van der Waals surface area contributed by atoms with E-state index in [-0.39, 0.29) is 17.6 Å². The summed E-state index contributed by atoms with van der Waals surface area (Å²) in [6.45, 7) is 4.26. The molecule has 0 radical (unpaired) electrons. The van der Waals surface area contributed by atoms with Crippen LogP contribution in [0.15, 0.2) is 55.1 Å². The molecule has 4 aromatic rings. The van der Waals surface area contributed by atoms with Crippen molar-refractivity contribution in [3.63, 3.8) is 0 Å². The number of nitrogens with zero attached hydrogens (tertiary/aromatic N) is 4. The van der Waals surface area contributed by atoms with Gasteiger partial charge in [0.1, 0.15) is 18.0 Å². The second-order valence-corrected chi connectivity index (χ2v) is 7.55. The van der Waals surface area contributed by atoms with E-state index in [4.69, 9.17) is 0 Å². The SMILES string of the molecule is CNC(=O)c1ccnc2c([C@H](C)CNc3cc(-c4ccc(C)nc4)ncn3)c(F)ccc12.